The lowest BCUT2D eigenvalue weighted by atomic mass is 10.3. The van der Waals surface area contributed by atoms with Gasteiger partial charge in [-0.1, -0.05) is 12.7 Å². The molecule has 0 atom stereocenters. The Morgan fingerprint density at radius 1 is 1.52 bits per heavy atom. The van der Waals surface area contributed by atoms with Gasteiger partial charge in [-0.2, -0.15) is 10.2 Å². The molecule has 10 nitrogen and oxygen atoms in total. The van der Waals surface area contributed by atoms with Gasteiger partial charge < -0.3 is 20.1 Å². The fourth-order valence-corrected chi connectivity index (χ4v) is 3.75. The van der Waals surface area contributed by atoms with Gasteiger partial charge in [-0.3, -0.25) is 9.36 Å². The molecule has 0 saturated carbocycles. The molecule has 0 amide bonds. The molecular formula is C19H21BrN6O4S. The molecule has 164 valence electrons. The monoisotopic (exact) mass is 508 g/mol. The summed E-state index contributed by atoms with van der Waals surface area (Å²) in [6.07, 6.45) is 4.41. The van der Waals surface area contributed by atoms with Gasteiger partial charge in [-0.05, 0) is 22.9 Å². The van der Waals surface area contributed by atoms with Gasteiger partial charge in [0.05, 0.1) is 11.1 Å². The van der Waals surface area contributed by atoms with Crippen molar-refractivity contribution in [2.24, 2.45) is 0 Å². The van der Waals surface area contributed by atoms with E-state index in [9.17, 15) is 14.9 Å². The quantitative estimate of drug-likeness (QED) is 0.271. The number of esters is 1. The summed E-state index contributed by atoms with van der Waals surface area (Å²) in [7, 11) is 1.60. The summed E-state index contributed by atoms with van der Waals surface area (Å²) in [6.45, 7) is 6.52. The first-order valence-electron chi connectivity index (χ1n) is 9.10. The van der Waals surface area contributed by atoms with E-state index in [2.05, 4.69) is 43.1 Å². The van der Waals surface area contributed by atoms with Crippen LogP contribution in [-0.4, -0.2) is 47.4 Å². The Balaban J connectivity index is 2.42. The van der Waals surface area contributed by atoms with Crippen molar-refractivity contribution in [1.82, 2.24) is 14.5 Å². The molecule has 0 unspecified atom stereocenters. The summed E-state index contributed by atoms with van der Waals surface area (Å²) < 4.78 is 12.5. The van der Waals surface area contributed by atoms with Crippen molar-refractivity contribution in [2.75, 3.05) is 37.5 Å². The van der Waals surface area contributed by atoms with E-state index in [0.29, 0.717) is 23.4 Å². The molecule has 0 aromatic carbocycles. The molecule has 0 spiro atoms. The van der Waals surface area contributed by atoms with Crippen LogP contribution in [0.4, 0.5) is 11.8 Å². The molecular weight excluding hydrogens is 488 g/mol. The van der Waals surface area contributed by atoms with Gasteiger partial charge in [-0.25, -0.2) is 9.78 Å². The van der Waals surface area contributed by atoms with Crippen molar-refractivity contribution >= 4 is 56.8 Å². The number of nitriles is 1. The highest BCUT2D eigenvalue weighted by Crippen LogP contribution is 2.19. The molecule has 2 rings (SSSR count). The molecule has 0 bridgehead atoms. The van der Waals surface area contributed by atoms with Gasteiger partial charge in [0.2, 0.25) is 5.95 Å². The molecule has 0 aliphatic heterocycles. The number of methoxy groups -OCH3 is 1. The summed E-state index contributed by atoms with van der Waals surface area (Å²) in [6, 6.07) is 1.83. The van der Waals surface area contributed by atoms with E-state index in [-0.39, 0.29) is 39.4 Å². The second-order valence-electron chi connectivity index (χ2n) is 5.79. The maximum absolute atomic E-state index is 12.7. The van der Waals surface area contributed by atoms with Crippen LogP contribution < -0.4 is 25.4 Å². The molecule has 0 saturated heterocycles. The lowest BCUT2D eigenvalue weighted by Crippen LogP contribution is -2.32. The lowest BCUT2D eigenvalue weighted by molar-refractivity contribution is -0.135. The minimum absolute atomic E-state index is 0.0338. The molecule has 2 heterocycles. The third kappa shape index (κ3) is 6.24. The summed E-state index contributed by atoms with van der Waals surface area (Å²) >= 11 is 4.36. The van der Waals surface area contributed by atoms with Gasteiger partial charge in [0, 0.05) is 32.6 Å². The second kappa shape index (κ2) is 12.0. The van der Waals surface area contributed by atoms with Crippen LogP contribution in [0.2, 0.25) is 0 Å². The highest BCUT2D eigenvalue weighted by atomic mass is 79.9. The number of thiazole rings is 1. The highest BCUT2D eigenvalue weighted by Gasteiger charge is 2.16. The highest BCUT2D eigenvalue weighted by molar-refractivity contribution is 9.10. The van der Waals surface area contributed by atoms with Gasteiger partial charge in [0.15, 0.2) is 5.57 Å². The molecule has 2 aromatic rings. The predicted octanol–water partition coefficient (Wildman–Crippen LogP) is 0.794. The van der Waals surface area contributed by atoms with E-state index in [1.54, 1.807) is 20.2 Å². The number of nitrogens with zero attached hydrogens (tertiary/aromatic N) is 4. The second-order valence-corrected chi connectivity index (χ2v) is 7.68. The molecule has 0 aliphatic carbocycles. The van der Waals surface area contributed by atoms with E-state index in [4.69, 9.17) is 9.47 Å². The first-order valence-corrected chi connectivity index (χ1v) is 10.7. The fraction of sp³-hybridized carbons (Fsp3) is 0.316. The largest absolute Gasteiger partial charge is 0.457 e. The Bertz CT molecular complexity index is 1170. The Hall–Kier alpha value is -3.01. The van der Waals surface area contributed by atoms with Crippen LogP contribution in [0, 0.1) is 11.3 Å². The molecule has 2 N–H and O–H groups in total. The topological polar surface area (TPSA) is 131 Å². The van der Waals surface area contributed by atoms with Gasteiger partial charge >= 0.3 is 5.97 Å². The Morgan fingerprint density at radius 2 is 2.29 bits per heavy atom. The number of anilines is 2. The van der Waals surface area contributed by atoms with Gasteiger partial charge in [0.25, 0.3) is 5.56 Å². The van der Waals surface area contributed by atoms with Crippen molar-refractivity contribution in [3.63, 3.8) is 0 Å². The van der Waals surface area contributed by atoms with Crippen LogP contribution in [0.5, 0.6) is 0 Å². The first kappa shape index (κ1) is 24.3. The van der Waals surface area contributed by atoms with E-state index < -0.39 is 5.97 Å². The van der Waals surface area contributed by atoms with Crippen molar-refractivity contribution in [1.29, 1.82) is 5.26 Å². The Kier molecular flexibility index (Phi) is 9.39. The SMILES string of the molecule is C=CCOC(=O)/C(C#N)=c1\s/c(=C/Nc2ncc(Br)c(NCCOC)n2)c(=O)n1CC. The summed E-state index contributed by atoms with van der Waals surface area (Å²) in [4.78, 5) is 33.4. The number of carbonyl (C=O) groups excluding carboxylic acids is 1. The average Bonchev–Trinajstić information content (AvgIpc) is 3.08. The summed E-state index contributed by atoms with van der Waals surface area (Å²) in [5.41, 5.74) is -0.593. The summed E-state index contributed by atoms with van der Waals surface area (Å²) in [5, 5.41) is 15.4. The minimum atomic E-state index is -0.812. The van der Waals surface area contributed by atoms with Crippen molar-refractivity contribution in [2.45, 2.75) is 13.5 Å². The van der Waals surface area contributed by atoms with Crippen molar-refractivity contribution in [3.8, 4) is 6.07 Å². The van der Waals surface area contributed by atoms with Crippen LogP contribution in [0.3, 0.4) is 0 Å². The lowest BCUT2D eigenvalue weighted by Gasteiger charge is -2.08. The number of nitrogens with one attached hydrogen (secondary N) is 2. The van der Waals surface area contributed by atoms with Crippen LogP contribution in [0.1, 0.15) is 6.92 Å². The maximum atomic E-state index is 12.7. The number of hydrogen-bond acceptors (Lipinski definition) is 10. The molecule has 2 aromatic heterocycles. The molecule has 0 radical (unpaired) electrons. The predicted molar refractivity (Wildman–Crippen MR) is 122 cm³/mol. The zero-order valence-corrected chi connectivity index (χ0v) is 19.4. The van der Waals surface area contributed by atoms with Gasteiger partial charge in [0.1, 0.15) is 27.7 Å². The smallest absolute Gasteiger partial charge is 0.352 e. The zero-order valence-electron chi connectivity index (χ0n) is 17.0. The summed E-state index contributed by atoms with van der Waals surface area (Å²) in [5.74, 6) is 0.00891. The van der Waals surface area contributed by atoms with Crippen LogP contribution >= 0.6 is 27.3 Å². The van der Waals surface area contributed by atoms with Crippen LogP contribution in [-0.2, 0) is 20.8 Å². The van der Waals surface area contributed by atoms with E-state index in [1.807, 2.05) is 6.07 Å². The minimum Gasteiger partial charge on any atom is -0.457 e. The Labute approximate surface area is 190 Å². The van der Waals surface area contributed by atoms with Crippen LogP contribution in [0.15, 0.2) is 28.1 Å². The Morgan fingerprint density at radius 3 is 2.94 bits per heavy atom. The number of halogens is 1. The third-order valence-corrected chi connectivity index (χ3v) is 5.47. The third-order valence-electron chi connectivity index (χ3n) is 3.76. The zero-order chi connectivity index (χ0) is 22.8. The molecule has 31 heavy (non-hydrogen) atoms. The van der Waals surface area contributed by atoms with Gasteiger partial charge in [-0.15, -0.1) is 11.3 Å². The van der Waals surface area contributed by atoms with Crippen molar-refractivity contribution in [3.05, 3.63) is 42.9 Å². The molecule has 0 aliphatic rings. The van der Waals surface area contributed by atoms with E-state index >= 15 is 0 Å². The molecule has 12 heteroatoms. The van der Waals surface area contributed by atoms with Crippen molar-refractivity contribution < 1.29 is 14.3 Å². The number of aromatic nitrogens is 3. The number of ether oxygens (including phenoxy) is 2. The number of hydrogen-bond donors (Lipinski definition) is 2. The van der Waals surface area contributed by atoms with E-state index in [1.165, 1.54) is 16.8 Å². The van der Waals surface area contributed by atoms with E-state index in [0.717, 1.165) is 11.3 Å². The number of carbonyl (C=O) groups is 1. The average molecular weight is 509 g/mol. The maximum Gasteiger partial charge on any atom is 0.352 e. The standard InChI is InChI=1S/C19H21BrN6O4S/c1-4-7-30-18(28)12(9-21)17-26(5-2)16(27)14(31-17)11-24-19-23-10-13(20)15(25-19)22-6-8-29-3/h4,10-11H,1,5-8H2,2-3H3,(H2,22,23,24,25)/b14-11+,17-12-. The normalized spacial score (nSPS) is 12.1. The fourth-order valence-electron chi connectivity index (χ4n) is 2.34. The molecule has 0 fully saturated rings. The first-order chi connectivity index (χ1) is 15.0. The van der Waals surface area contributed by atoms with Crippen LogP contribution in [0.25, 0.3) is 11.8 Å². The number of rotatable bonds is 10.